The molecule has 6 nitrogen and oxygen atoms in total. The average molecular weight is 428 g/mol. The first-order chi connectivity index (χ1) is 14.5. The predicted molar refractivity (Wildman–Crippen MR) is 117 cm³/mol. The minimum absolute atomic E-state index is 0.0651. The first-order valence-corrected chi connectivity index (χ1v) is 10.6. The second-order valence-electron chi connectivity index (χ2n) is 7.70. The van der Waals surface area contributed by atoms with E-state index >= 15 is 0 Å². The highest BCUT2D eigenvalue weighted by Crippen LogP contribution is 2.24. The number of rotatable bonds is 6. The van der Waals surface area contributed by atoms with Gasteiger partial charge >= 0.3 is 0 Å². The SMILES string of the molecule is COc1ccc(CCN2C(=O)CC(N3CCN(c4cccc(Cl)c4)CC3)C2=O)cc1. The van der Waals surface area contributed by atoms with Crippen LogP contribution in [0.15, 0.2) is 48.5 Å². The fourth-order valence-electron chi connectivity index (χ4n) is 4.18. The van der Waals surface area contributed by atoms with Crippen molar-refractivity contribution in [3.05, 3.63) is 59.1 Å². The topological polar surface area (TPSA) is 53.1 Å². The number of halogens is 1. The number of carbonyl (C=O) groups excluding carboxylic acids is 2. The molecule has 1 unspecified atom stereocenters. The Morgan fingerprint density at radius 1 is 1.03 bits per heavy atom. The van der Waals surface area contributed by atoms with E-state index < -0.39 is 0 Å². The number of imide groups is 1. The Morgan fingerprint density at radius 3 is 2.43 bits per heavy atom. The smallest absolute Gasteiger partial charge is 0.247 e. The van der Waals surface area contributed by atoms with Crippen molar-refractivity contribution in [1.29, 1.82) is 0 Å². The fraction of sp³-hybridized carbons (Fsp3) is 0.391. The molecule has 2 aliphatic rings. The number of methoxy groups -OCH3 is 1. The van der Waals surface area contributed by atoms with Crippen LogP contribution >= 0.6 is 11.6 Å². The molecule has 2 heterocycles. The van der Waals surface area contributed by atoms with E-state index in [1.165, 1.54) is 4.90 Å². The van der Waals surface area contributed by atoms with Crippen LogP contribution in [0.4, 0.5) is 5.69 Å². The van der Waals surface area contributed by atoms with Gasteiger partial charge in [-0.25, -0.2) is 0 Å². The zero-order valence-corrected chi connectivity index (χ0v) is 17.8. The maximum atomic E-state index is 12.9. The molecule has 0 bridgehead atoms. The molecule has 0 aliphatic carbocycles. The van der Waals surface area contributed by atoms with Gasteiger partial charge in [0.1, 0.15) is 5.75 Å². The molecule has 0 radical (unpaired) electrons. The van der Waals surface area contributed by atoms with E-state index in [0.29, 0.717) is 13.0 Å². The van der Waals surface area contributed by atoms with Crippen LogP contribution < -0.4 is 9.64 Å². The molecule has 0 saturated carbocycles. The summed E-state index contributed by atoms with van der Waals surface area (Å²) < 4.78 is 5.17. The fourth-order valence-corrected chi connectivity index (χ4v) is 4.37. The number of amides is 2. The van der Waals surface area contributed by atoms with Crippen molar-refractivity contribution in [2.75, 3.05) is 44.7 Å². The quantitative estimate of drug-likeness (QED) is 0.663. The molecule has 2 amide bonds. The summed E-state index contributed by atoms with van der Waals surface area (Å²) >= 11 is 6.11. The summed E-state index contributed by atoms with van der Waals surface area (Å²) in [6, 6.07) is 15.2. The van der Waals surface area contributed by atoms with E-state index in [1.807, 2.05) is 48.5 Å². The molecule has 30 heavy (non-hydrogen) atoms. The van der Waals surface area contributed by atoms with Gasteiger partial charge in [0.15, 0.2) is 0 Å². The molecule has 0 spiro atoms. The summed E-state index contributed by atoms with van der Waals surface area (Å²) in [5.41, 5.74) is 2.17. The normalized spacial score (nSPS) is 20.1. The van der Waals surface area contributed by atoms with Crippen molar-refractivity contribution in [2.45, 2.75) is 18.9 Å². The maximum absolute atomic E-state index is 12.9. The van der Waals surface area contributed by atoms with E-state index in [0.717, 1.165) is 48.2 Å². The number of benzene rings is 2. The lowest BCUT2D eigenvalue weighted by atomic mass is 10.1. The van der Waals surface area contributed by atoms with E-state index in [-0.39, 0.29) is 24.3 Å². The number of nitrogens with zero attached hydrogens (tertiary/aromatic N) is 3. The Kier molecular flexibility index (Phi) is 6.25. The molecule has 0 aromatic heterocycles. The van der Waals surface area contributed by atoms with Crippen LogP contribution in [-0.2, 0) is 16.0 Å². The molecule has 2 aromatic rings. The summed E-state index contributed by atoms with van der Waals surface area (Å²) in [6.45, 7) is 3.54. The molecule has 2 fully saturated rings. The zero-order valence-electron chi connectivity index (χ0n) is 17.1. The van der Waals surface area contributed by atoms with E-state index in [4.69, 9.17) is 16.3 Å². The summed E-state index contributed by atoms with van der Waals surface area (Å²) in [7, 11) is 1.63. The Hall–Kier alpha value is -2.57. The molecule has 0 N–H and O–H groups in total. The van der Waals surface area contributed by atoms with Gasteiger partial charge < -0.3 is 9.64 Å². The molecular formula is C23H26ClN3O3. The number of ether oxygens (including phenoxy) is 1. The van der Waals surface area contributed by atoms with Crippen LogP contribution in [0.5, 0.6) is 5.75 Å². The molecule has 158 valence electrons. The minimum Gasteiger partial charge on any atom is -0.497 e. The van der Waals surface area contributed by atoms with Crippen molar-refractivity contribution in [3.63, 3.8) is 0 Å². The van der Waals surface area contributed by atoms with Crippen molar-refractivity contribution < 1.29 is 14.3 Å². The van der Waals surface area contributed by atoms with Crippen LogP contribution in [0.2, 0.25) is 5.02 Å². The third-order valence-corrected chi connectivity index (χ3v) is 6.17. The van der Waals surface area contributed by atoms with Crippen LogP contribution in [0, 0.1) is 0 Å². The Morgan fingerprint density at radius 2 is 1.77 bits per heavy atom. The predicted octanol–water partition coefficient (Wildman–Crippen LogP) is 2.84. The number of likely N-dealkylation sites (tertiary alicyclic amines) is 1. The monoisotopic (exact) mass is 427 g/mol. The van der Waals surface area contributed by atoms with Crippen molar-refractivity contribution in [1.82, 2.24) is 9.80 Å². The Labute approximate surface area is 182 Å². The van der Waals surface area contributed by atoms with Gasteiger partial charge in [-0.3, -0.25) is 19.4 Å². The molecule has 2 aromatic carbocycles. The summed E-state index contributed by atoms with van der Waals surface area (Å²) in [4.78, 5) is 31.3. The van der Waals surface area contributed by atoms with Gasteiger partial charge in [-0.15, -0.1) is 0 Å². The van der Waals surface area contributed by atoms with Crippen LogP contribution in [0.3, 0.4) is 0 Å². The third-order valence-electron chi connectivity index (χ3n) is 5.93. The van der Waals surface area contributed by atoms with Gasteiger partial charge in [0, 0.05) is 43.4 Å². The van der Waals surface area contributed by atoms with E-state index in [1.54, 1.807) is 7.11 Å². The number of hydrogen-bond acceptors (Lipinski definition) is 5. The lowest BCUT2D eigenvalue weighted by Gasteiger charge is -2.38. The summed E-state index contributed by atoms with van der Waals surface area (Å²) in [5.74, 6) is 0.657. The van der Waals surface area contributed by atoms with Crippen LogP contribution in [-0.4, -0.2) is 67.5 Å². The Bertz CT molecular complexity index is 910. The second-order valence-corrected chi connectivity index (χ2v) is 8.14. The Balaban J connectivity index is 1.32. The molecular weight excluding hydrogens is 402 g/mol. The molecule has 2 saturated heterocycles. The maximum Gasteiger partial charge on any atom is 0.247 e. The number of hydrogen-bond donors (Lipinski definition) is 0. The molecule has 4 rings (SSSR count). The number of anilines is 1. The first-order valence-electron chi connectivity index (χ1n) is 10.3. The number of piperazine rings is 1. The largest absolute Gasteiger partial charge is 0.497 e. The lowest BCUT2D eigenvalue weighted by Crippen LogP contribution is -2.52. The highest BCUT2D eigenvalue weighted by Gasteiger charge is 2.42. The molecule has 7 heteroatoms. The standard InChI is InChI=1S/C23H26ClN3O3/c1-30-20-7-5-17(6-8-20)9-10-27-22(28)16-21(23(27)29)26-13-11-25(12-14-26)19-4-2-3-18(24)15-19/h2-8,15,21H,9-14,16H2,1H3. The van der Waals surface area contributed by atoms with Crippen molar-refractivity contribution in [3.8, 4) is 5.75 Å². The van der Waals surface area contributed by atoms with Crippen molar-refractivity contribution >= 4 is 29.1 Å². The van der Waals surface area contributed by atoms with Gasteiger partial charge in [-0.05, 0) is 42.3 Å². The average Bonchev–Trinajstić information content (AvgIpc) is 3.06. The van der Waals surface area contributed by atoms with Gasteiger partial charge in [-0.1, -0.05) is 29.8 Å². The second kappa shape index (κ2) is 9.06. The summed E-state index contributed by atoms with van der Waals surface area (Å²) in [5, 5.41) is 0.721. The lowest BCUT2D eigenvalue weighted by molar-refractivity contribution is -0.139. The molecule has 1 atom stereocenters. The zero-order chi connectivity index (χ0) is 21.1. The summed E-state index contributed by atoms with van der Waals surface area (Å²) in [6.07, 6.45) is 0.926. The highest BCUT2D eigenvalue weighted by atomic mass is 35.5. The van der Waals surface area contributed by atoms with E-state index in [2.05, 4.69) is 9.80 Å². The number of carbonyl (C=O) groups is 2. The minimum atomic E-state index is -0.338. The third kappa shape index (κ3) is 4.45. The van der Waals surface area contributed by atoms with Crippen LogP contribution in [0.1, 0.15) is 12.0 Å². The van der Waals surface area contributed by atoms with E-state index in [9.17, 15) is 9.59 Å². The van der Waals surface area contributed by atoms with Crippen LogP contribution in [0.25, 0.3) is 0 Å². The van der Waals surface area contributed by atoms with Gasteiger partial charge in [0.25, 0.3) is 0 Å². The van der Waals surface area contributed by atoms with Gasteiger partial charge in [0.2, 0.25) is 11.8 Å². The van der Waals surface area contributed by atoms with Crippen molar-refractivity contribution in [2.24, 2.45) is 0 Å². The highest BCUT2D eigenvalue weighted by molar-refractivity contribution is 6.30. The molecule has 2 aliphatic heterocycles. The van der Waals surface area contributed by atoms with Gasteiger partial charge in [-0.2, -0.15) is 0 Å². The first kappa shape index (κ1) is 20.7. The van der Waals surface area contributed by atoms with Gasteiger partial charge in [0.05, 0.1) is 19.6 Å².